The van der Waals surface area contributed by atoms with Gasteiger partial charge in [-0.25, -0.2) is 0 Å². The van der Waals surface area contributed by atoms with Gasteiger partial charge >= 0.3 is 0 Å². The Hall–Kier alpha value is -1.56. The van der Waals surface area contributed by atoms with Gasteiger partial charge in [0, 0.05) is 19.6 Å². The number of piperidine rings is 1. The lowest BCUT2D eigenvalue weighted by molar-refractivity contribution is 0.1000. The third kappa shape index (κ3) is 2.58. The summed E-state index contributed by atoms with van der Waals surface area (Å²) < 4.78 is 1.77. The third-order valence-electron chi connectivity index (χ3n) is 3.84. The van der Waals surface area contributed by atoms with Crippen molar-refractivity contribution in [2.24, 2.45) is 18.5 Å². The zero-order valence-corrected chi connectivity index (χ0v) is 11.7. The van der Waals surface area contributed by atoms with Gasteiger partial charge < -0.3 is 16.4 Å². The van der Waals surface area contributed by atoms with Crippen molar-refractivity contribution < 1.29 is 4.79 Å². The highest BCUT2D eigenvalue weighted by atomic mass is 16.1. The first-order valence-electron chi connectivity index (χ1n) is 6.86. The van der Waals surface area contributed by atoms with E-state index in [1.807, 2.05) is 14.0 Å². The highest BCUT2D eigenvalue weighted by Crippen LogP contribution is 2.30. The van der Waals surface area contributed by atoms with Crippen molar-refractivity contribution >= 4 is 11.7 Å². The van der Waals surface area contributed by atoms with Gasteiger partial charge in [-0.15, -0.1) is 0 Å². The summed E-state index contributed by atoms with van der Waals surface area (Å²) in [4.78, 5) is 13.9. The summed E-state index contributed by atoms with van der Waals surface area (Å²) in [6, 6.07) is 0.381. The number of nitrogens with two attached hydrogens (primary N) is 2. The summed E-state index contributed by atoms with van der Waals surface area (Å²) in [5.41, 5.74) is 12.5. The number of hydrogen-bond acceptors (Lipinski definition) is 4. The Morgan fingerprint density at radius 3 is 2.84 bits per heavy atom. The van der Waals surface area contributed by atoms with Crippen LogP contribution in [0.1, 0.15) is 41.7 Å². The van der Waals surface area contributed by atoms with Crippen LogP contribution in [0.3, 0.4) is 0 Å². The zero-order valence-electron chi connectivity index (χ0n) is 11.7. The molecule has 1 saturated heterocycles. The second-order valence-electron chi connectivity index (χ2n) is 5.19. The van der Waals surface area contributed by atoms with Crippen molar-refractivity contribution in [1.29, 1.82) is 0 Å². The zero-order chi connectivity index (χ0) is 14.0. The molecule has 1 amide bonds. The summed E-state index contributed by atoms with van der Waals surface area (Å²) >= 11 is 0. The smallest absolute Gasteiger partial charge is 0.254 e. The highest BCUT2D eigenvalue weighted by molar-refractivity contribution is 5.99. The minimum atomic E-state index is -0.405. The Labute approximate surface area is 113 Å². The molecule has 1 aromatic heterocycles. The Balaban J connectivity index is 2.41. The number of nitrogens with zero attached hydrogens (tertiary/aromatic N) is 3. The molecule has 1 aliphatic heterocycles. The molecule has 19 heavy (non-hydrogen) atoms. The lowest BCUT2D eigenvalue weighted by Crippen LogP contribution is -2.42. The molecule has 1 unspecified atom stereocenters. The molecule has 2 heterocycles. The topological polar surface area (TPSA) is 90.2 Å². The predicted molar refractivity (Wildman–Crippen MR) is 75.1 cm³/mol. The fourth-order valence-corrected chi connectivity index (χ4v) is 3.04. The Bertz CT molecular complexity index is 466. The maximum absolute atomic E-state index is 11.7. The van der Waals surface area contributed by atoms with Crippen molar-refractivity contribution in [2.75, 3.05) is 18.0 Å². The molecule has 0 radical (unpaired) electrons. The van der Waals surface area contributed by atoms with Crippen LogP contribution >= 0.6 is 0 Å². The SMILES string of the molecule is Cc1nn(C)c(N2CCCCC2CCN)c1C(N)=O. The Kier molecular flexibility index (Phi) is 4.09. The molecular formula is C13H23N5O. The van der Waals surface area contributed by atoms with Gasteiger partial charge in [0.15, 0.2) is 0 Å². The largest absolute Gasteiger partial charge is 0.365 e. The van der Waals surface area contributed by atoms with Crippen LogP contribution in [0.2, 0.25) is 0 Å². The van der Waals surface area contributed by atoms with E-state index < -0.39 is 5.91 Å². The van der Waals surface area contributed by atoms with E-state index in [2.05, 4.69) is 10.00 Å². The molecule has 1 fully saturated rings. The van der Waals surface area contributed by atoms with Crippen LogP contribution in [0.15, 0.2) is 0 Å². The summed E-state index contributed by atoms with van der Waals surface area (Å²) in [6.45, 7) is 3.42. The molecule has 1 atom stereocenters. The lowest BCUT2D eigenvalue weighted by atomic mass is 9.98. The Morgan fingerprint density at radius 2 is 2.21 bits per heavy atom. The molecule has 0 aromatic carbocycles. The van der Waals surface area contributed by atoms with Gasteiger partial charge in [-0.05, 0) is 39.2 Å². The summed E-state index contributed by atoms with van der Waals surface area (Å²) in [5.74, 6) is 0.445. The van der Waals surface area contributed by atoms with Crippen molar-refractivity contribution in [1.82, 2.24) is 9.78 Å². The van der Waals surface area contributed by atoms with Crippen LogP contribution in [0.4, 0.5) is 5.82 Å². The summed E-state index contributed by atoms with van der Waals surface area (Å²) in [7, 11) is 1.86. The van der Waals surface area contributed by atoms with Crippen molar-refractivity contribution in [3.05, 3.63) is 11.3 Å². The van der Waals surface area contributed by atoms with Crippen molar-refractivity contribution in [3.8, 4) is 0 Å². The van der Waals surface area contributed by atoms with Gasteiger partial charge in [0.05, 0.1) is 5.69 Å². The maximum atomic E-state index is 11.7. The number of primary amides is 1. The molecule has 4 N–H and O–H groups in total. The van der Waals surface area contributed by atoms with Gasteiger partial charge in [0.1, 0.15) is 11.4 Å². The number of aromatic nitrogens is 2. The molecule has 0 spiro atoms. The molecule has 2 rings (SSSR count). The van der Waals surface area contributed by atoms with Crippen LogP contribution in [-0.2, 0) is 7.05 Å². The quantitative estimate of drug-likeness (QED) is 0.831. The van der Waals surface area contributed by atoms with Gasteiger partial charge in [0.25, 0.3) is 5.91 Å². The highest BCUT2D eigenvalue weighted by Gasteiger charge is 2.29. The number of rotatable bonds is 4. The van der Waals surface area contributed by atoms with E-state index in [1.165, 1.54) is 6.42 Å². The summed E-state index contributed by atoms with van der Waals surface area (Å²) in [6.07, 6.45) is 4.38. The van der Waals surface area contributed by atoms with E-state index in [0.29, 0.717) is 23.8 Å². The second kappa shape index (κ2) is 5.61. The number of hydrogen-bond donors (Lipinski definition) is 2. The van der Waals surface area contributed by atoms with E-state index in [1.54, 1.807) is 4.68 Å². The fourth-order valence-electron chi connectivity index (χ4n) is 3.04. The van der Waals surface area contributed by atoms with Gasteiger partial charge in [-0.2, -0.15) is 5.10 Å². The first kappa shape index (κ1) is 13.9. The van der Waals surface area contributed by atoms with Crippen LogP contribution in [0.25, 0.3) is 0 Å². The molecule has 1 aliphatic rings. The molecule has 6 heteroatoms. The van der Waals surface area contributed by atoms with E-state index in [-0.39, 0.29) is 0 Å². The van der Waals surface area contributed by atoms with Gasteiger partial charge in [0.2, 0.25) is 0 Å². The predicted octanol–water partition coefficient (Wildman–Crippen LogP) is 0.535. The number of carbonyl (C=O) groups excluding carboxylic acids is 1. The third-order valence-corrected chi connectivity index (χ3v) is 3.84. The van der Waals surface area contributed by atoms with Gasteiger partial charge in [-0.1, -0.05) is 0 Å². The molecular weight excluding hydrogens is 242 g/mol. The normalized spacial score (nSPS) is 19.7. The average Bonchev–Trinajstić information content (AvgIpc) is 2.65. The van der Waals surface area contributed by atoms with Crippen molar-refractivity contribution in [2.45, 2.75) is 38.6 Å². The molecule has 0 bridgehead atoms. The number of anilines is 1. The van der Waals surface area contributed by atoms with Crippen LogP contribution in [0.5, 0.6) is 0 Å². The average molecular weight is 265 g/mol. The summed E-state index contributed by atoms with van der Waals surface area (Å²) in [5, 5.41) is 4.34. The molecule has 0 aliphatic carbocycles. The van der Waals surface area contributed by atoms with E-state index >= 15 is 0 Å². The van der Waals surface area contributed by atoms with Crippen molar-refractivity contribution in [3.63, 3.8) is 0 Å². The second-order valence-corrected chi connectivity index (χ2v) is 5.19. The minimum Gasteiger partial charge on any atom is -0.365 e. The number of carbonyl (C=O) groups is 1. The molecule has 0 saturated carbocycles. The van der Waals surface area contributed by atoms with Gasteiger partial charge in [-0.3, -0.25) is 9.48 Å². The van der Waals surface area contributed by atoms with Crippen LogP contribution in [-0.4, -0.2) is 34.8 Å². The number of amides is 1. The molecule has 6 nitrogen and oxygen atoms in total. The Morgan fingerprint density at radius 1 is 1.47 bits per heavy atom. The van der Waals surface area contributed by atoms with E-state index in [4.69, 9.17) is 11.5 Å². The van der Waals surface area contributed by atoms with E-state index in [0.717, 1.165) is 31.6 Å². The monoisotopic (exact) mass is 265 g/mol. The molecule has 106 valence electrons. The first-order chi connectivity index (χ1) is 9.06. The fraction of sp³-hybridized carbons (Fsp3) is 0.692. The first-order valence-corrected chi connectivity index (χ1v) is 6.86. The molecule has 1 aromatic rings. The lowest BCUT2D eigenvalue weighted by Gasteiger charge is -2.37. The minimum absolute atomic E-state index is 0.381. The number of aryl methyl sites for hydroxylation is 2. The maximum Gasteiger partial charge on any atom is 0.254 e. The van der Waals surface area contributed by atoms with Crippen LogP contribution in [0, 0.1) is 6.92 Å². The standard InChI is InChI=1S/C13H23N5O/c1-9-11(12(15)19)13(17(2)16-9)18-8-4-3-5-10(18)6-7-14/h10H,3-8,14H2,1-2H3,(H2,15,19). The van der Waals surface area contributed by atoms with E-state index in [9.17, 15) is 4.79 Å². The van der Waals surface area contributed by atoms with Crippen LogP contribution < -0.4 is 16.4 Å².